The van der Waals surface area contributed by atoms with Crippen LogP contribution >= 0.6 is 0 Å². The Bertz CT molecular complexity index is 170. The van der Waals surface area contributed by atoms with Gasteiger partial charge in [-0.05, 0) is 6.92 Å². The van der Waals surface area contributed by atoms with E-state index in [4.69, 9.17) is 25.5 Å². The van der Waals surface area contributed by atoms with Crippen LogP contribution < -0.4 is 0 Å². The highest BCUT2D eigenvalue weighted by atomic mass is 16.4. The molecule has 13 heavy (non-hydrogen) atoms. The molecule has 0 aliphatic carbocycles. The molecule has 0 fully saturated rings. The van der Waals surface area contributed by atoms with E-state index in [-0.39, 0.29) is 0 Å². The second-order valence-corrected chi connectivity index (χ2v) is 2.79. The van der Waals surface area contributed by atoms with Gasteiger partial charge < -0.3 is 25.5 Å². The van der Waals surface area contributed by atoms with Crippen LogP contribution in [-0.4, -0.2) is 62.3 Å². The van der Waals surface area contributed by atoms with E-state index in [1.54, 1.807) is 0 Å². The SMILES string of the molecule is CC(=O)[C@H](O)[C@H](O)[C@@H](O)[C@@H](O)CO. The molecule has 0 heterocycles. The highest BCUT2D eigenvalue weighted by Crippen LogP contribution is 2.05. The van der Waals surface area contributed by atoms with Gasteiger partial charge in [0.05, 0.1) is 6.61 Å². The average molecular weight is 194 g/mol. The summed E-state index contributed by atoms with van der Waals surface area (Å²) in [6.07, 6.45) is -6.87. The lowest BCUT2D eigenvalue weighted by atomic mass is 10.0. The van der Waals surface area contributed by atoms with Gasteiger partial charge in [-0.15, -0.1) is 0 Å². The maximum atomic E-state index is 10.5. The van der Waals surface area contributed by atoms with Gasteiger partial charge >= 0.3 is 0 Å². The highest BCUT2D eigenvalue weighted by molar-refractivity contribution is 5.80. The normalized spacial score (nSPS) is 20.5. The lowest BCUT2D eigenvalue weighted by Crippen LogP contribution is -2.48. The molecule has 0 aliphatic rings. The molecular weight excluding hydrogens is 180 g/mol. The number of Topliss-reactive ketones (excluding diaryl/α,β-unsaturated/α-hetero) is 1. The van der Waals surface area contributed by atoms with Gasteiger partial charge in [0.25, 0.3) is 0 Å². The summed E-state index contributed by atoms with van der Waals surface area (Å²) < 4.78 is 0. The van der Waals surface area contributed by atoms with Crippen molar-refractivity contribution in [1.29, 1.82) is 0 Å². The zero-order chi connectivity index (χ0) is 10.6. The molecule has 0 aromatic rings. The minimum atomic E-state index is -1.79. The largest absolute Gasteiger partial charge is 0.394 e. The molecule has 0 amide bonds. The predicted octanol–water partition coefficient (Wildman–Crippen LogP) is -2.99. The van der Waals surface area contributed by atoms with E-state index in [0.717, 1.165) is 6.92 Å². The molecule has 0 aromatic carbocycles. The zero-order valence-corrected chi connectivity index (χ0v) is 7.16. The summed E-state index contributed by atoms with van der Waals surface area (Å²) in [5.74, 6) is -0.725. The molecule has 0 saturated heterocycles. The Kier molecular flexibility index (Phi) is 5.04. The summed E-state index contributed by atoms with van der Waals surface area (Å²) >= 11 is 0. The van der Waals surface area contributed by atoms with Crippen molar-refractivity contribution in [2.24, 2.45) is 0 Å². The molecule has 0 aromatic heterocycles. The third-order valence-electron chi connectivity index (χ3n) is 1.67. The fourth-order valence-corrected chi connectivity index (χ4v) is 0.763. The van der Waals surface area contributed by atoms with Gasteiger partial charge in [-0.25, -0.2) is 0 Å². The molecule has 6 heteroatoms. The van der Waals surface area contributed by atoms with Gasteiger partial charge in [-0.2, -0.15) is 0 Å². The number of aliphatic hydroxyl groups excluding tert-OH is 5. The summed E-state index contributed by atoms with van der Waals surface area (Å²) in [5.41, 5.74) is 0. The predicted molar refractivity (Wildman–Crippen MR) is 41.8 cm³/mol. The van der Waals surface area contributed by atoms with E-state index >= 15 is 0 Å². The van der Waals surface area contributed by atoms with E-state index < -0.39 is 36.8 Å². The molecule has 5 N–H and O–H groups in total. The topological polar surface area (TPSA) is 118 Å². The third kappa shape index (κ3) is 3.37. The first kappa shape index (κ1) is 12.5. The van der Waals surface area contributed by atoms with Crippen LogP contribution in [0.25, 0.3) is 0 Å². The summed E-state index contributed by atoms with van der Waals surface area (Å²) in [6, 6.07) is 0. The van der Waals surface area contributed by atoms with Gasteiger partial charge in [-0.1, -0.05) is 0 Å². The maximum absolute atomic E-state index is 10.5. The number of rotatable bonds is 5. The van der Waals surface area contributed by atoms with E-state index in [1.165, 1.54) is 0 Å². The molecule has 0 aliphatic heterocycles. The Labute approximate surface area is 75.1 Å². The van der Waals surface area contributed by atoms with E-state index in [2.05, 4.69) is 0 Å². The number of aliphatic hydroxyl groups is 5. The molecule has 0 bridgehead atoms. The molecule has 78 valence electrons. The monoisotopic (exact) mass is 194 g/mol. The third-order valence-corrected chi connectivity index (χ3v) is 1.67. The van der Waals surface area contributed by atoms with Crippen LogP contribution in [0.4, 0.5) is 0 Å². The standard InChI is InChI=1S/C7H14O6/c1-3(9)5(11)7(13)6(12)4(10)2-8/h4-8,10-13H,2H2,1H3/t4-,5-,6-,7-/m0/s1. The molecule has 4 atom stereocenters. The fourth-order valence-electron chi connectivity index (χ4n) is 0.763. The molecule has 0 saturated carbocycles. The number of hydrogen-bond acceptors (Lipinski definition) is 6. The number of ketones is 1. The Balaban J connectivity index is 4.24. The average Bonchev–Trinajstić information content (AvgIpc) is 2.12. The van der Waals surface area contributed by atoms with Crippen molar-refractivity contribution in [3.8, 4) is 0 Å². The van der Waals surface area contributed by atoms with Gasteiger partial charge in [0.15, 0.2) is 5.78 Å². The van der Waals surface area contributed by atoms with Gasteiger partial charge in [0.1, 0.15) is 24.4 Å². The molecule has 0 spiro atoms. The van der Waals surface area contributed by atoms with E-state index in [9.17, 15) is 4.79 Å². The van der Waals surface area contributed by atoms with Crippen LogP contribution in [0.2, 0.25) is 0 Å². The molecule has 0 rings (SSSR count). The Morgan fingerprint density at radius 1 is 1.15 bits per heavy atom. The smallest absolute Gasteiger partial charge is 0.160 e. The molecule has 0 unspecified atom stereocenters. The molecular formula is C7H14O6. The second-order valence-electron chi connectivity index (χ2n) is 2.79. The van der Waals surface area contributed by atoms with Crippen molar-refractivity contribution in [1.82, 2.24) is 0 Å². The quantitative estimate of drug-likeness (QED) is 0.318. The summed E-state index contributed by atoms with van der Waals surface area (Å²) in [4.78, 5) is 10.5. The van der Waals surface area contributed by atoms with Crippen LogP contribution in [0.15, 0.2) is 0 Å². The maximum Gasteiger partial charge on any atom is 0.160 e. The van der Waals surface area contributed by atoms with Gasteiger partial charge in [0.2, 0.25) is 0 Å². The van der Waals surface area contributed by atoms with Gasteiger partial charge in [0, 0.05) is 0 Å². The zero-order valence-electron chi connectivity index (χ0n) is 7.16. The van der Waals surface area contributed by atoms with Gasteiger partial charge in [-0.3, -0.25) is 4.79 Å². The van der Waals surface area contributed by atoms with Crippen molar-refractivity contribution in [2.75, 3.05) is 6.61 Å². The van der Waals surface area contributed by atoms with Crippen molar-refractivity contribution in [2.45, 2.75) is 31.3 Å². The molecule has 6 nitrogen and oxygen atoms in total. The lowest BCUT2D eigenvalue weighted by molar-refractivity contribution is -0.145. The first-order valence-corrected chi connectivity index (χ1v) is 3.75. The first-order valence-electron chi connectivity index (χ1n) is 3.75. The van der Waals surface area contributed by atoms with Crippen LogP contribution in [0.1, 0.15) is 6.92 Å². The highest BCUT2D eigenvalue weighted by Gasteiger charge is 2.32. The Morgan fingerprint density at radius 2 is 1.62 bits per heavy atom. The summed E-state index contributed by atoms with van der Waals surface area (Å²) in [7, 11) is 0. The van der Waals surface area contributed by atoms with Crippen molar-refractivity contribution in [3.05, 3.63) is 0 Å². The number of hydrogen-bond donors (Lipinski definition) is 5. The second kappa shape index (κ2) is 5.25. The van der Waals surface area contributed by atoms with Crippen LogP contribution in [0.3, 0.4) is 0 Å². The van der Waals surface area contributed by atoms with Crippen molar-refractivity contribution >= 4 is 5.78 Å². The lowest BCUT2D eigenvalue weighted by Gasteiger charge is -2.23. The molecule has 0 radical (unpaired) electrons. The minimum Gasteiger partial charge on any atom is -0.394 e. The van der Waals surface area contributed by atoms with Crippen molar-refractivity contribution in [3.63, 3.8) is 0 Å². The van der Waals surface area contributed by atoms with E-state index in [0.29, 0.717) is 0 Å². The first-order chi connectivity index (χ1) is 5.91. The van der Waals surface area contributed by atoms with Crippen LogP contribution in [0, 0.1) is 0 Å². The Morgan fingerprint density at radius 3 is 1.92 bits per heavy atom. The van der Waals surface area contributed by atoms with Crippen LogP contribution in [0.5, 0.6) is 0 Å². The fraction of sp³-hybridized carbons (Fsp3) is 0.857. The summed E-state index contributed by atoms with van der Waals surface area (Å²) in [6.45, 7) is 0.273. The van der Waals surface area contributed by atoms with Crippen LogP contribution in [-0.2, 0) is 4.79 Å². The van der Waals surface area contributed by atoms with E-state index in [1.807, 2.05) is 0 Å². The Hall–Kier alpha value is -0.530. The van der Waals surface area contributed by atoms with Crippen molar-refractivity contribution < 1.29 is 30.3 Å². The number of carbonyl (C=O) groups is 1. The number of carbonyl (C=O) groups excluding carboxylic acids is 1. The minimum absolute atomic E-state index is 0.725. The summed E-state index contributed by atoms with van der Waals surface area (Å²) in [5, 5.41) is 44.3.